The summed E-state index contributed by atoms with van der Waals surface area (Å²) in [5, 5.41) is 12.4. The van der Waals surface area contributed by atoms with Crippen LogP contribution >= 0.6 is 11.3 Å². The molecule has 0 aliphatic rings. The lowest BCUT2D eigenvalue weighted by Crippen LogP contribution is -2.11. The molecule has 0 aliphatic heterocycles. The average Bonchev–Trinajstić information content (AvgIpc) is 2.90. The number of hydrogen-bond donors (Lipinski definition) is 1. The Kier molecular flexibility index (Phi) is 5.44. The number of rotatable bonds is 6. The first-order valence-corrected chi connectivity index (χ1v) is 8.05. The monoisotopic (exact) mass is 303 g/mol. The van der Waals surface area contributed by atoms with Gasteiger partial charge >= 0.3 is 0 Å². The van der Waals surface area contributed by atoms with Crippen molar-refractivity contribution in [3.63, 3.8) is 0 Å². The van der Waals surface area contributed by atoms with Crippen LogP contribution in [0.3, 0.4) is 0 Å². The van der Waals surface area contributed by atoms with Crippen molar-refractivity contribution in [1.82, 2.24) is 10.2 Å². The van der Waals surface area contributed by atoms with Gasteiger partial charge in [0.15, 0.2) is 0 Å². The molecular weight excluding hydrogens is 282 g/mol. The van der Waals surface area contributed by atoms with Crippen molar-refractivity contribution >= 4 is 22.4 Å². The zero-order valence-corrected chi connectivity index (χ0v) is 13.5. The predicted octanol–water partition coefficient (Wildman–Crippen LogP) is 3.93. The van der Waals surface area contributed by atoms with Crippen LogP contribution < -0.4 is 5.32 Å². The summed E-state index contributed by atoms with van der Waals surface area (Å²) in [4.78, 5) is 11.9. The van der Waals surface area contributed by atoms with Crippen LogP contribution in [0.25, 0.3) is 0 Å². The number of aryl methyl sites for hydroxylation is 2. The molecule has 21 heavy (non-hydrogen) atoms. The van der Waals surface area contributed by atoms with E-state index < -0.39 is 0 Å². The topological polar surface area (TPSA) is 54.9 Å². The molecule has 0 bridgehead atoms. The Hall–Kier alpha value is -1.75. The zero-order chi connectivity index (χ0) is 15.2. The molecule has 0 saturated carbocycles. The van der Waals surface area contributed by atoms with E-state index >= 15 is 0 Å². The van der Waals surface area contributed by atoms with Crippen molar-refractivity contribution in [3.05, 3.63) is 40.4 Å². The fourth-order valence-corrected chi connectivity index (χ4v) is 2.67. The number of hydrogen-bond acceptors (Lipinski definition) is 4. The van der Waals surface area contributed by atoms with Gasteiger partial charge in [0.05, 0.1) is 0 Å². The third kappa shape index (κ3) is 4.93. The maximum Gasteiger partial charge on any atom is 0.226 e. The quantitative estimate of drug-likeness (QED) is 0.879. The smallest absolute Gasteiger partial charge is 0.226 e. The van der Waals surface area contributed by atoms with Gasteiger partial charge in [0, 0.05) is 12.3 Å². The summed E-state index contributed by atoms with van der Waals surface area (Å²) in [5.74, 6) is 0.350. The van der Waals surface area contributed by atoms with Gasteiger partial charge in [0.25, 0.3) is 0 Å². The predicted molar refractivity (Wildman–Crippen MR) is 86.7 cm³/mol. The van der Waals surface area contributed by atoms with Gasteiger partial charge in [0.1, 0.15) is 5.01 Å². The Bertz CT molecular complexity index is 590. The van der Waals surface area contributed by atoms with E-state index in [0.717, 1.165) is 17.8 Å². The minimum absolute atomic E-state index is 0.00793. The number of aromatic nitrogens is 2. The van der Waals surface area contributed by atoms with Crippen molar-refractivity contribution in [2.75, 3.05) is 5.32 Å². The summed E-state index contributed by atoms with van der Waals surface area (Å²) in [5.41, 5.74) is 2.53. The second-order valence-corrected chi connectivity index (χ2v) is 6.50. The molecule has 0 fully saturated rings. The van der Waals surface area contributed by atoms with Crippen molar-refractivity contribution in [2.45, 2.75) is 46.0 Å². The molecule has 5 heteroatoms. The first kappa shape index (κ1) is 15.6. The first-order chi connectivity index (χ1) is 10.0. The number of anilines is 1. The molecule has 0 spiro atoms. The van der Waals surface area contributed by atoms with Gasteiger partial charge in [-0.3, -0.25) is 4.79 Å². The zero-order valence-electron chi connectivity index (χ0n) is 12.7. The summed E-state index contributed by atoms with van der Waals surface area (Å²) in [6.45, 7) is 6.20. The highest BCUT2D eigenvalue weighted by atomic mass is 32.1. The van der Waals surface area contributed by atoms with Gasteiger partial charge in [-0.05, 0) is 25.3 Å². The molecule has 2 aromatic rings. The second-order valence-electron chi connectivity index (χ2n) is 5.49. The first-order valence-electron chi connectivity index (χ1n) is 7.23. The standard InChI is InChI=1S/C16H21N3OS/c1-11(2)15-18-19-16(21-15)17-14(20)6-4-5-13-9-7-12(3)8-10-13/h7-11H,4-6H2,1-3H3,(H,17,19,20). The Morgan fingerprint density at radius 2 is 1.95 bits per heavy atom. The largest absolute Gasteiger partial charge is 0.301 e. The molecule has 1 N–H and O–H groups in total. The lowest BCUT2D eigenvalue weighted by molar-refractivity contribution is -0.116. The van der Waals surface area contributed by atoms with Crippen molar-refractivity contribution in [1.29, 1.82) is 0 Å². The molecule has 1 aromatic carbocycles. The maximum atomic E-state index is 11.9. The molecule has 0 saturated heterocycles. The number of amides is 1. The normalized spacial score (nSPS) is 10.9. The van der Waals surface area contributed by atoms with Gasteiger partial charge in [-0.25, -0.2) is 0 Å². The number of carbonyl (C=O) groups is 1. The molecule has 112 valence electrons. The lowest BCUT2D eigenvalue weighted by Gasteiger charge is -2.03. The fourth-order valence-electron chi connectivity index (χ4n) is 1.91. The fraction of sp³-hybridized carbons (Fsp3) is 0.438. The number of nitrogens with zero attached hydrogens (tertiary/aromatic N) is 2. The minimum Gasteiger partial charge on any atom is -0.301 e. The third-order valence-electron chi connectivity index (χ3n) is 3.17. The Labute approximate surface area is 129 Å². The van der Waals surface area contributed by atoms with Crippen LogP contribution in [0.1, 0.15) is 48.7 Å². The Morgan fingerprint density at radius 3 is 2.57 bits per heavy atom. The summed E-state index contributed by atoms with van der Waals surface area (Å²) in [7, 11) is 0. The number of benzene rings is 1. The van der Waals surface area contributed by atoms with E-state index in [4.69, 9.17) is 0 Å². The SMILES string of the molecule is Cc1ccc(CCCC(=O)Nc2nnc(C(C)C)s2)cc1. The summed E-state index contributed by atoms with van der Waals surface area (Å²) < 4.78 is 0. The van der Waals surface area contributed by atoms with E-state index in [2.05, 4.69) is 60.6 Å². The highest BCUT2D eigenvalue weighted by Crippen LogP contribution is 2.22. The van der Waals surface area contributed by atoms with E-state index in [1.165, 1.54) is 22.5 Å². The molecule has 4 nitrogen and oxygen atoms in total. The summed E-state index contributed by atoms with van der Waals surface area (Å²) >= 11 is 1.45. The minimum atomic E-state index is 0.00793. The van der Waals surface area contributed by atoms with Crippen LogP contribution in [-0.2, 0) is 11.2 Å². The molecule has 0 unspecified atom stereocenters. The highest BCUT2D eigenvalue weighted by Gasteiger charge is 2.10. The van der Waals surface area contributed by atoms with Crippen LogP contribution in [0.2, 0.25) is 0 Å². The van der Waals surface area contributed by atoms with Gasteiger partial charge in [-0.15, -0.1) is 10.2 Å². The van der Waals surface area contributed by atoms with Crippen LogP contribution in [0, 0.1) is 6.92 Å². The molecular formula is C16H21N3OS. The van der Waals surface area contributed by atoms with Crippen LogP contribution in [-0.4, -0.2) is 16.1 Å². The lowest BCUT2D eigenvalue weighted by atomic mass is 10.1. The van der Waals surface area contributed by atoms with Gasteiger partial charge in [0.2, 0.25) is 11.0 Å². The van der Waals surface area contributed by atoms with E-state index in [1.54, 1.807) is 0 Å². The maximum absolute atomic E-state index is 11.9. The van der Waals surface area contributed by atoms with E-state index in [0.29, 0.717) is 17.5 Å². The van der Waals surface area contributed by atoms with Gasteiger partial charge < -0.3 is 5.32 Å². The molecule has 2 rings (SSSR count). The van der Waals surface area contributed by atoms with Gasteiger partial charge in [-0.2, -0.15) is 0 Å². The van der Waals surface area contributed by atoms with E-state index in [1.807, 2.05) is 0 Å². The third-order valence-corrected chi connectivity index (χ3v) is 4.31. The van der Waals surface area contributed by atoms with Crippen molar-refractivity contribution < 1.29 is 4.79 Å². The Morgan fingerprint density at radius 1 is 1.24 bits per heavy atom. The Balaban J connectivity index is 1.75. The van der Waals surface area contributed by atoms with Crippen LogP contribution in [0.4, 0.5) is 5.13 Å². The molecule has 1 amide bonds. The molecule has 0 aliphatic carbocycles. The van der Waals surface area contributed by atoms with Crippen LogP contribution in [0.5, 0.6) is 0 Å². The van der Waals surface area contributed by atoms with Gasteiger partial charge in [-0.1, -0.05) is 55.0 Å². The summed E-state index contributed by atoms with van der Waals surface area (Å²) in [6.07, 6.45) is 2.26. The molecule has 1 heterocycles. The molecule has 0 atom stereocenters. The van der Waals surface area contributed by atoms with E-state index in [-0.39, 0.29) is 5.91 Å². The molecule has 1 aromatic heterocycles. The average molecular weight is 303 g/mol. The number of carbonyl (C=O) groups excluding carboxylic acids is 1. The van der Waals surface area contributed by atoms with Crippen LogP contribution in [0.15, 0.2) is 24.3 Å². The highest BCUT2D eigenvalue weighted by molar-refractivity contribution is 7.15. The molecule has 0 radical (unpaired) electrons. The number of nitrogens with one attached hydrogen (secondary N) is 1. The summed E-state index contributed by atoms with van der Waals surface area (Å²) in [6, 6.07) is 8.44. The second kappa shape index (κ2) is 7.31. The van der Waals surface area contributed by atoms with Crippen molar-refractivity contribution in [3.8, 4) is 0 Å². The van der Waals surface area contributed by atoms with Crippen molar-refractivity contribution in [2.24, 2.45) is 0 Å². The van der Waals surface area contributed by atoms with E-state index in [9.17, 15) is 4.79 Å².